The number of nitrogens with zero attached hydrogens (tertiary/aromatic N) is 1. The van der Waals surface area contributed by atoms with Gasteiger partial charge in [0.2, 0.25) is 11.8 Å². The lowest BCUT2D eigenvalue weighted by Gasteiger charge is -2.16. The number of anilines is 2. The van der Waals surface area contributed by atoms with E-state index >= 15 is 0 Å². The third-order valence-electron chi connectivity index (χ3n) is 4.01. The van der Waals surface area contributed by atoms with E-state index in [2.05, 4.69) is 5.32 Å². The van der Waals surface area contributed by atoms with Gasteiger partial charge in [-0.05, 0) is 48.9 Å². The summed E-state index contributed by atoms with van der Waals surface area (Å²) in [4.78, 5) is 25.9. The maximum Gasteiger partial charge on any atom is 0.229 e. The Morgan fingerprint density at radius 1 is 1.17 bits per heavy atom. The van der Waals surface area contributed by atoms with Crippen LogP contribution in [0, 0.1) is 24.5 Å². The summed E-state index contributed by atoms with van der Waals surface area (Å²) < 4.78 is 26.7. The lowest BCUT2D eigenvalue weighted by molar-refractivity contribution is -0.122. The molecule has 4 nitrogen and oxygen atoms in total. The van der Waals surface area contributed by atoms with Crippen LogP contribution in [0.25, 0.3) is 0 Å². The van der Waals surface area contributed by atoms with Crippen LogP contribution in [-0.2, 0) is 9.59 Å². The summed E-state index contributed by atoms with van der Waals surface area (Å²) in [7, 11) is 0. The molecule has 1 aliphatic heterocycles. The van der Waals surface area contributed by atoms with Gasteiger partial charge in [-0.3, -0.25) is 9.59 Å². The minimum absolute atomic E-state index is 0.0383. The third kappa shape index (κ3) is 3.27. The zero-order chi connectivity index (χ0) is 17.3. The van der Waals surface area contributed by atoms with Crippen molar-refractivity contribution in [1.29, 1.82) is 0 Å². The Morgan fingerprint density at radius 2 is 1.88 bits per heavy atom. The fraction of sp³-hybridized carbons (Fsp3) is 0.222. The van der Waals surface area contributed by atoms with Crippen molar-refractivity contribution >= 4 is 23.2 Å². The number of rotatable bonds is 3. The minimum Gasteiger partial charge on any atom is -0.323 e. The fourth-order valence-electron chi connectivity index (χ4n) is 2.72. The topological polar surface area (TPSA) is 49.4 Å². The molecule has 2 aromatic carbocycles. The molecule has 2 aromatic rings. The first kappa shape index (κ1) is 16.1. The molecule has 1 atom stereocenters. The molecule has 1 aliphatic rings. The molecule has 1 heterocycles. The molecule has 1 saturated heterocycles. The summed E-state index contributed by atoms with van der Waals surface area (Å²) in [5, 5.41) is 2.54. The molecule has 0 bridgehead atoms. The summed E-state index contributed by atoms with van der Waals surface area (Å²) in [5.41, 5.74) is 1.47. The Hall–Kier alpha value is -2.76. The summed E-state index contributed by atoms with van der Waals surface area (Å²) >= 11 is 0. The average molecular weight is 330 g/mol. The van der Waals surface area contributed by atoms with Crippen molar-refractivity contribution in [2.75, 3.05) is 16.8 Å². The monoisotopic (exact) mass is 330 g/mol. The van der Waals surface area contributed by atoms with Crippen molar-refractivity contribution in [2.24, 2.45) is 5.92 Å². The van der Waals surface area contributed by atoms with Crippen molar-refractivity contribution < 1.29 is 18.4 Å². The predicted octanol–water partition coefficient (Wildman–Crippen LogP) is 3.26. The van der Waals surface area contributed by atoms with Gasteiger partial charge >= 0.3 is 0 Å². The highest BCUT2D eigenvalue weighted by Gasteiger charge is 2.35. The van der Waals surface area contributed by atoms with Crippen LogP contribution in [0.2, 0.25) is 0 Å². The van der Waals surface area contributed by atoms with E-state index < -0.39 is 23.5 Å². The Kier molecular flexibility index (Phi) is 4.29. The Labute approximate surface area is 138 Å². The van der Waals surface area contributed by atoms with Gasteiger partial charge in [-0.25, -0.2) is 8.78 Å². The van der Waals surface area contributed by atoms with E-state index in [1.807, 2.05) is 0 Å². The van der Waals surface area contributed by atoms with Gasteiger partial charge in [0.05, 0.1) is 11.6 Å². The van der Waals surface area contributed by atoms with Gasteiger partial charge < -0.3 is 10.2 Å². The van der Waals surface area contributed by atoms with Crippen LogP contribution in [0.4, 0.5) is 20.2 Å². The number of amides is 2. The number of halogens is 2. The molecule has 0 saturated carbocycles. The summed E-state index contributed by atoms with van der Waals surface area (Å²) in [6, 6.07) is 9.95. The molecule has 0 spiro atoms. The molecular formula is C18H16F2N2O2. The molecule has 3 rings (SSSR count). The number of hydrogen-bond acceptors (Lipinski definition) is 2. The van der Waals surface area contributed by atoms with Crippen LogP contribution < -0.4 is 10.2 Å². The van der Waals surface area contributed by atoms with Gasteiger partial charge in [0, 0.05) is 18.7 Å². The van der Waals surface area contributed by atoms with E-state index in [1.54, 1.807) is 19.1 Å². The van der Waals surface area contributed by atoms with Crippen molar-refractivity contribution in [1.82, 2.24) is 0 Å². The van der Waals surface area contributed by atoms with Crippen molar-refractivity contribution in [3.05, 3.63) is 59.7 Å². The zero-order valence-corrected chi connectivity index (χ0v) is 13.1. The summed E-state index contributed by atoms with van der Waals surface area (Å²) in [6.45, 7) is 1.98. The molecule has 24 heavy (non-hydrogen) atoms. The van der Waals surface area contributed by atoms with Gasteiger partial charge in [-0.2, -0.15) is 0 Å². The minimum atomic E-state index is -0.581. The molecule has 1 unspecified atom stereocenters. The van der Waals surface area contributed by atoms with Crippen molar-refractivity contribution in [3.8, 4) is 0 Å². The normalized spacial score (nSPS) is 17.2. The Morgan fingerprint density at radius 3 is 2.58 bits per heavy atom. The van der Waals surface area contributed by atoms with E-state index in [0.717, 1.165) is 5.56 Å². The maximum atomic E-state index is 13.7. The first-order valence-corrected chi connectivity index (χ1v) is 7.57. The highest BCUT2D eigenvalue weighted by Crippen LogP contribution is 2.26. The highest BCUT2D eigenvalue weighted by atomic mass is 19.1. The second kappa shape index (κ2) is 6.39. The second-order valence-electron chi connectivity index (χ2n) is 5.85. The lowest BCUT2D eigenvalue weighted by Crippen LogP contribution is -2.28. The first-order chi connectivity index (χ1) is 11.4. The highest BCUT2D eigenvalue weighted by molar-refractivity contribution is 6.03. The van der Waals surface area contributed by atoms with Crippen LogP contribution in [0.15, 0.2) is 42.5 Å². The van der Waals surface area contributed by atoms with Crippen LogP contribution in [0.5, 0.6) is 0 Å². The lowest BCUT2D eigenvalue weighted by atomic mass is 10.1. The van der Waals surface area contributed by atoms with E-state index in [4.69, 9.17) is 0 Å². The molecule has 2 amide bonds. The maximum absolute atomic E-state index is 13.7. The molecule has 0 aromatic heterocycles. The van der Waals surface area contributed by atoms with E-state index in [-0.39, 0.29) is 24.6 Å². The summed E-state index contributed by atoms with van der Waals surface area (Å²) in [6.07, 6.45) is 0.0383. The number of hydrogen-bond donors (Lipinski definition) is 1. The largest absolute Gasteiger partial charge is 0.323 e. The van der Waals surface area contributed by atoms with Gasteiger partial charge in [0.15, 0.2) is 0 Å². The fourth-order valence-corrected chi connectivity index (χ4v) is 2.72. The van der Waals surface area contributed by atoms with Gasteiger partial charge in [-0.15, -0.1) is 0 Å². The predicted molar refractivity (Wildman–Crippen MR) is 86.6 cm³/mol. The van der Waals surface area contributed by atoms with Crippen molar-refractivity contribution in [3.63, 3.8) is 0 Å². The average Bonchev–Trinajstić information content (AvgIpc) is 2.94. The number of benzene rings is 2. The quantitative estimate of drug-likeness (QED) is 0.939. The van der Waals surface area contributed by atoms with Crippen LogP contribution in [-0.4, -0.2) is 18.4 Å². The van der Waals surface area contributed by atoms with Crippen LogP contribution in [0.1, 0.15) is 12.0 Å². The molecule has 6 heteroatoms. The molecule has 124 valence electrons. The van der Waals surface area contributed by atoms with Crippen LogP contribution >= 0.6 is 0 Å². The molecular weight excluding hydrogens is 314 g/mol. The van der Waals surface area contributed by atoms with E-state index in [1.165, 1.54) is 35.2 Å². The van der Waals surface area contributed by atoms with Crippen LogP contribution in [0.3, 0.4) is 0 Å². The van der Waals surface area contributed by atoms with Gasteiger partial charge in [0.1, 0.15) is 11.6 Å². The standard InChI is InChI=1S/C18H16F2N2O2/c1-11-2-7-15(20)16(8-11)21-18(24)12-9-17(23)22(10-12)14-5-3-13(19)4-6-14/h2-8,12H,9-10H2,1H3,(H,21,24). The van der Waals surface area contributed by atoms with E-state index in [0.29, 0.717) is 5.69 Å². The van der Waals surface area contributed by atoms with Crippen molar-refractivity contribution in [2.45, 2.75) is 13.3 Å². The number of carbonyl (C=O) groups is 2. The van der Waals surface area contributed by atoms with E-state index in [9.17, 15) is 18.4 Å². The second-order valence-corrected chi connectivity index (χ2v) is 5.85. The summed E-state index contributed by atoms with van der Waals surface area (Å²) in [5.74, 6) is -2.12. The molecule has 1 N–H and O–H groups in total. The van der Waals surface area contributed by atoms with Gasteiger partial charge in [0.25, 0.3) is 0 Å². The van der Waals surface area contributed by atoms with Gasteiger partial charge in [-0.1, -0.05) is 6.07 Å². The zero-order valence-electron chi connectivity index (χ0n) is 13.1. The SMILES string of the molecule is Cc1ccc(F)c(NC(=O)C2CC(=O)N(c3ccc(F)cc3)C2)c1. The number of aryl methyl sites for hydroxylation is 1. The third-order valence-corrected chi connectivity index (χ3v) is 4.01. The number of carbonyl (C=O) groups excluding carboxylic acids is 2. The Bertz CT molecular complexity index is 790. The smallest absolute Gasteiger partial charge is 0.229 e. The first-order valence-electron chi connectivity index (χ1n) is 7.57. The molecule has 1 fully saturated rings. The number of nitrogens with one attached hydrogen (secondary N) is 1. The Balaban J connectivity index is 1.72. The molecule has 0 aliphatic carbocycles. The molecule has 0 radical (unpaired) electrons.